The molecule has 0 atom stereocenters. The maximum Gasteiger partial charge on any atom is 0.290 e. The van der Waals surface area contributed by atoms with E-state index in [0.29, 0.717) is 19.0 Å². The highest BCUT2D eigenvalue weighted by Gasteiger charge is 2.29. The number of rotatable bonds is 3. The minimum Gasteiger partial charge on any atom is -0.355 e. The lowest BCUT2D eigenvalue weighted by molar-refractivity contribution is 0.550. The van der Waals surface area contributed by atoms with Gasteiger partial charge in [0.2, 0.25) is 5.96 Å². The summed E-state index contributed by atoms with van der Waals surface area (Å²) in [6.45, 7) is 0.353. The lowest BCUT2D eigenvalue weighted by Crippen LogP contribution is -2.36. The summed E-state index contributed by atoms with van der Waals surface area (Å²) in [6, 6.07) is 6.87. The van der Waals surface area contributed by atoms with Crippen molar-refractivity contribution in [1.82, 2.24) is 10.3 Å². The van der Waals surface area contributed by atoms with Crippen molar-refractivity contribution >= 4 is 21.7 Å². The van der Waals surface area contributed by atoms with Crippen LogP contribution in [0.4, 0.5) is 14.5 Å². The van der Waals surface area contributed by atoms with Gasteiger partial charge in [0.1, 0.15) is 16.5 Å². The number of hydrogen-bond acceptors (Lipinski definition) is 5. The standard InChI is InChI=1S/C14H12F2N4O2S/c15-9-7-11(16)13-12(8-9)19-14(20-23(13,21)22)18-6-4-10-3-1-2-5-17-10/h1-3,5,7-8H,4,6H2,(H2,18,19,20). The number of halogens is 2. The summed E-state index contributed by atoms with van der Waals surface area (Å²) in [4.78, 5) is 3.47. The molecule has 9 heteroatoms. The van der Waals surface area contributed by atoms with E-state index >= 15 is 0 Å². The number of nitrogens with one attached hydrogen (secondary N) is 2. The van der Waals surface area contributed by atoms with Crippen molar-refractivity contribution in [3.05, 3.63) is 53.9 Å². The van der Waals surface area contributed by atoms with E-state index in [1.165, 1.54) is 0 Å². The molecule has 0 aliphatic carbocycles. The van der Waals surface area contributed by atoms with Crippen molar-refractivity contribution in [2.75, 3.05) is 11.9 Å². The number of anilines is 1. The minimum atomic E-state index is -4.23. The van der Waals surface area contributed by atoms with Crippen molar-refractivity contribution < 1.29 is 17.2 Å². The molecular weight excluding hydrogens is 326 g/mol. The molecule has 1 aromatic heterocycles. The van der Waals surface area contributed by atoms with Crippen molar-refractivity contribution in [3.8, 4) is 0 Å². The molecule has 120 valence electrons. The monoisotopic (exact) mass is 338 g/mol. The summed E-state index contributed by atoms with van der Waals surface area (Å²) >= 11 is 0. The molecule has 2 N–H and O–H groups in total. The Hall–Kier alpha value is -2.55. The van der Waals surface area contributed by atoms with Crippen LogP contribution in [0.2, 0.25) is 0 Å². The number of aromatic nitrogens is 1. The number of benzene rings is 1. The van der Waals surface area contributed by atoms with Gasteiger partial charge < -0.3 is 10.6 Å². The fraction of sp³-hybridized carbons (Fsp3) is 0.143. The van der Waals surface area contributed by atoms with Crippen LogP contribution in [0.25, 0.3) is 0 Å². The number of nitrogens with zero attached hydrogens (tertiary/aromatic N) is 2. The molecule has 0 spiro atoms. The third-order valence-electron chi connectivity index (χ3n) is 3.13. The molecule has 2 aromatic rings. The molecule has 1 aromatic carbocycles. The second-order valence-electron chi connectivity index (χ2n) is 4.80. The largest absolute Gasteiger partial charge is 0.355 e. The average Bonchev–Trinajstić information content (AvgIpc) is 2.46. The fourth-order valence-corrected chi connectivity index (χ4v) is 3.30. The Morgan fingerprint density at radius 2 is 2.04 bits per heavy atom. The van der Waals surface area contributed by atoms with Gasteiger partial charge in [-0.25, -0.2) is 8.78 Å². The Balaban J connectivity index is 1.77. The number of fused-ring (bicyclic) bond motifs is 1. The predicted molar refractivity (Wildman–Crippen MR) is 80.5 cm³/mol. The predicted octanol–water partition coefficient (Wildman–Crippen LogP) is 1.66. The van der Waals surface area contributed by atoms with Gasteiger partial charge in [-0.15, -0.1) is 4.40 Å². The molecular formula is C14H12F2N4O2S. The third-order valence-corrected chi connectivity index (χ3v) is 4.48. The summed E-state index contributed by atoms with van der Waals surface area (Å²) in [5.41, 5.74) is 0.634. The maximum absolute atomic E-state index is 13.7. The van der Waals surface area contributed by atoms with Crippen LogP contribution >= 0.6 is 0 Å². The van der Waals surface area contributed by atoms with Gasteiger partial charge in [0.05, 0.1) is 5.69 Å². The van der Waals surface area contributed by atoms with Crippen LogP contribution in [-0.2, 0) is 16.4 Å². The van der Waals surface area contributed by atoms with Crippen molar-refractivity contribution in [3.63, 3.8) is 0 Å². The molecule has 0 amide bonds. The Labute approximate surface area is 131 Å². The molecule has 0 radical (unpaired) electrons. The van der Waals surface area contributed by atoms with E-state index in [4.69, 9.17) is 0 Å². The highest BCUT2D eigenvalue weighted by molar-refractivity contribution is 7.90. The first-order valence-electron chi connectivity index (χ1n) is 6.70. The lowest BCUT2D eigenvalue weighted by atomic mass is 10.3. The Bertz CT molecular complexity index is 870. The zero-order valence-electron chi connectivity index (χ0n) is 11.8. The SMILES string of the molecule is O=S1(=O)N=C(NCCc2ccccn2)Nc2cc(F)cc(F)c21. The van der Waals surface area contributed by atoms with E-state index in [1.54, 1.807) is 12.3 Å². The first-order valence-corrected chi connectivity index (χ1v) is 8.14. The number of pyridine rings is 1. The quantitative estimate of drug-likeness (QED) is 0.889. The topological polar surface area (TPSA) is 83.5 Å². The zero-order chi connectivity index (χ0) is 16.4. The van der Waals surface area contributed by atoms with Crippen LogP contribution in [-0.4, -0.2) is 25.9 Å². The van der Waals surface area contributed by atoms with Crippen LogP contribution in [0, 0.1) is 11.6 Å². The molecule has 0 saturated carbocycles. The van der Waals surface area contributed by atoms with Crippen LogP contribution in [0.3, 0.4) is 0 Å². The van der Waals surface area contributed by atoms with Gasteiger partial charge in [0.15, 0.2) is 0 Å². The molecule has 1 aliphatic heterocycles. The first kappa shape index (κ1) is 15.3. The normalized spacial score (nSPS) is 15.3. The van der Waals surface area contributed by atoms with E-state index in [9.17, 15) is 17.2 Å². The number of sulfonamides is 1. The molecule has 0 unspecified atom stereocenters. The Morgan fingerprint density at radius 1 is 1.22 bits per heavy atom. The minimum absolute atomic E-state index is 0.0848. The van der Waals surface area contributed by atoms with Crippen LogP contribution in [0.1, 0.15) is 5.69 Å². The second-order valence-corrected chi connectivity index (χ2v) is 6.34. The summed E-state index contributed by atoms with van der Waals surface area (Å²) in [5.74, 6) is -2.14. The van der Waals surface area contributed by atoms with E-state index in [1.807, 2.05) is 12.1 Å². The molecule has 23 heavy (non-hydrogen) atoms. The van der Waals surface area contributed by atoms with E-state index in [0.717, 1.165) is 11.8 Å². The molecule has 1 aliphatic rings. The van der Waals surface area contributed by atoms with Gasteiger partial charge >= 0.3 is 0 Å². The number of hydrogen-bond donors (Lipinski definition) is 2. The smallest absolute Gasteiger partial charge is 0.290 e. The van der Waals surface area contributed by atoms with Gasteiger partial charge in [-0.05, 0) is 18.2 Å². The van der Waals surface area contributed by atoms with E-state index < -0.39 is 26.6 Å². The average molecular weight is 338 g/mol. The third kappa shape index (κ3) is 3.29. The molecule has 6 nitrogen and oxygen atoms in total. The van der Waals surface area contributed by atoms with Gasteiger partial charge in [-0.1, -0.05) is 6.07 Å². The van der Waals surface area contributed by atoms with Crippen molar-refractivity contribution in [1.29, 1.82) is 0 Å². The van der Waals surface area contributed by atoms with Crippen LogP contribution in [0.15, 0.2) is 45.8 Å². The van der Waals surface area contributed by atoms with Crippen LogP contribution in [0.5, 0.6) is 0 Å². The van der Waals surface area contributed by atoms with Crippen LogP contribution < -0.4 is 10.6 Å². The van der Waals surface area contributed by atoms with Gasteiger partial charge in [0.25, 0.3) is 10.0 Å². The Kier molecular flexibility index (Phi) is 3.95. The summed E-state index contributed by atoms with van der Waals surface area (Å²) in [6.07, 6.45) is 2.18. The summed E-state index contributed by atoms with van der Waals surface area (Å²) in [5, 5.41) is 5.36. The molecule has 0 fully saturated rings. The van der Waals surface area contributed by atoms with Gasteiger partial charge in [-0.2, -0.15) is 8.42 Å². The molecule has 0 bridgehead atoms. The van der Waals surface area contributed by atoms with E-state index in [-0.39, 0.29) is 11.6 Å². The summed E-state index contributed by atoms with van der Waals surface area (Å²) < 4.78 is 54.4. The highest BCUT2D eigenvalue weighted by Crippen LogP contribution is 2.30. The second kappa shape index (κ2) is 5.92. The highest BCUT2D eigenvalue weighted by atomic mass is 32.2. The van der Waals surface area contributed by atoms with Crippen molar-refractivity contribution in [2.24, 2.45) is 4.40 Å². The van der Waals surface area contributed by atoms with E-state index in [2.05, 4.69) is 20.0 Å². The van der Waals surface area contributed by atoms with Crippen molar-refractivity contribution in [2.45, 2.75) is 11.3 Å². The Morgan fingerprint density at radius 3 is 2.78 bits per heavy atom. The summed E-state index contributed by atoms with van der Waals surface area (Å²) in [7, 11) is -4.23. The maximum atomic E-state index is 13.7. The van der Waals surface area contributed by atoms with Gasteiger partial charge in [0, 0.05) is 30.9 Å². The zero-order valence-corrected chi connectivity index (χ0v) is 12.6. The first-order chi connectivity index (χ1) is 11.0. The lowest BCUT2D eigenvalue weighted by Gasteiger charge is -2.19. The number of guanidine groups is 1. The molecule has 0 saturated heterocycles. The van der Waals surface area contributed by atoms with Gasteiger partial charge in [-0.3, -0.25) is 4.98 Å². The molecule has 3 rings (SSSR count). The molecule has 2 heterocycles. The fourth-order valence-electron chi connectivity index (χ4n) is 2.16.